The van der Waals surface area contributed by atoms with Gasteiger partial charge in [-0.05, 0) is 25.7 Å². The standard InChI is InChI=1S/C11H22N/c1-3-5-6-7-8-9-10-11(12)4-2/h3,11-12H,1,4-10H2,2H3. The topological polar surface area (TPSA) is 23.8 Å². The lowest BCUT2D eigenvalue weighted by Crippen LogP contribution is -2.05. The number of nitrogens with one attached hydrogen (secondary N) is 1. The minimum atomic E-state index is 0.185. The summed E-state index contributed by atoms with van der Waals surface area (Å²) in [4.78, 5) is 0. The van der Waals surface area contributed by atoms with E-state index in [4.69, 9.17) is 5.73 Å². The zero-order valence-corrected chi connectivity index (χ0v) is 8.31. The van der Waals surface area contributed by atoms with Crippen molar-refractivity contribution in [3.63, 3.8) is 0 Å². The Morgan fingerprint density at radius 1 is 1.25 bits per heavy atom. The van der Waals surface area contributed by atoms with Crippen molar-refractivity contribution in [3.05, 3.63) is 12.7 Å². The maximum atomic E-state index is 7.52. The van der Waals surface area contributed by atoms with Crippen molar-refractivity contribution >= 4 is 0 Å². The van der Waals surface area contributed by atoms with Gasteiger partial charge in [-0.2, -0.15) is 0 Å². The first-order valence-electron chi connectivity index (χ1n) is 5.13. The zero-order chi connectivity index (χ0) is 9.23. The van der Waals surface area contributed by atoms with E-state index in [2.05, 4.69) is 13.5 Å². The fourth-order valence-electron chi connectivity index (χ4n) is 1.24. The Hall–Kier alpha value is -0.300. The molecule has 0 heterocycles. The molecule has 71 valence electrons. The van der Waals surface area contributed by atoms with Crippen molar-refractivity contribution < 1.29 is 0 Å². The SMILES string of the molecule is C=CCCCCCCC([NH])CC. The molecule has 12 heavy (non-hydrogen) atoms. The molecule has 0 aliphatic rings. The third-order valence-corrected chi connectivity index (χ3v) is 2.20. The quantitative estimate of drug-likeness (QED) is 0.391. The smallest absolute Gasteiger partial charge is 0.0210 e. The van der Waals surface area contributed by atoms with Crippen LogP contribution in [0.5, 0.6) is 0 Å². The van der Waals surface area contributed by atoms with Gasteiger partial charge in [0.05, 0.1) is 0 Å². The van der Waals surface area contributed by atoms with E-state index >= 15 is 0 Å². The van der Waals surface area contributed by atoms with Crippen LogP contribution in [0.2, 0.25) is 0 Å². The molecule has 1 N–H and O–H groups in total. The molecule has 0 bridgehead atoms. The Morgan fingerprint density at radius 2 is 1.92 bits per heavy atom. The second kappa shape index (κ2) is 8.79. The van der Waals surface area contributed by atoms with Gasteiger partial charge in [-0.3, -0.25) is 5.73 Å². The number of hydrogen-bond donors (Lipinski definition) is 0. The Bertz CT molecular complexity index is 99.2. The van der Waals surface area contributed by atoms with Gasteiger partial charge in [-0.25, -0.2) is 0 Å². The Morgan fingerprint density at radius 3 is 2.50 bits per heavy atom. The molecular formula is C11H22N. The molecule has 1 unspecified atom stereocenters. The molecule has 0 spiro atoms. The summed E-state index contributed by atoms with van der Waals surface area (Å²) in [5, 5.41) is 0. The first-order valence-corrected chi connectivity index (χ1v) is 5.13. The van der Waals surface area contributed by atoms with Crippen LogP contribution in [-0.2, 0) is 0 Å². The normalized spacial score (nSPS) is 12.8. The lowest BCUT2D eigenvalue weighted by molar-refractivity contribution is 0.523. The minimum Gasteiger partial charge on any atom is -0.255 e. The Kier molecular flexibility index (Phi) is 8.57. The van der Waals surface area contributed by atoms with E-state index in [0.717, 1.165) is 19.3 Å². The maximum absolute atomic E-state index is 7.52. The third-order valence-electron chi connectivity index (χ3n) is 2.20. The van der Waals surface area contributed by atoms with E-state index in [9.17, 15) is 0 Å². The van der Waals surface area contributed by atoms with Gasteiger partial charge in [-0.1, -0.05) is 32.3 Å². The largest absolute Gasteiger partial charge is 0.255 e. The van der Waals surface area contributed by atoms with Crippen LogP contribution in [0.4, 0.5) is 0 Å². The van der Waals surface area contributed by atoms with Crippen LogP contribution in [0.3, 0.4) is 0 Å². The average Bonchev–Trinajstić information content (AvgIpc) is 2.10. The molecule has 0 aromatic rings. The third kappa shape index (κ3) is 7.80. The fraction of sp³-hybridized carbons (Fsp3) is 0.818. The molecule has 0 aliphatic heterocycles. The number of hydrogen-bond acceptors (Lipinski definition) is 0. The molecule has 0 saturated carbocycles. The highest BCUT2D eigenvalue weighted by atomic mass is 14.6. The highest BCUT2D eigenvalue weighted by molar-refractivity contribution is 4.65. The molecule has 1 heteroatoms. The molecule has 0 saturated heterocycles. The van der Waals surface area contributed by atoms with Crippen LogP contribution >= 0.6 is 0 Å². The van der Waals surface area contributed by atoms with Crippen molar-refractivity contribution in [1.82, 2.24) is 5.73 Å². The van der Waals surface area contributed by atoms with Gasteiger partial charge < -0.3 is 0 Å². The van der Waals surface area contributed by atoms with Gasteiger partial charge in [0.2, 0.25) is 0 Å². The van der Waals surface area contributed by atoms with Crippen molar-refractivity contribution in [2.75, 3.05) is 0 Å². The molecule has 0 aliphatic carbocycles. The molecular weight excluding hydrogens is 146 g/mol. The van der Waals surface area contributed by atoms with Crippen molar-refractivity contribution in [3.8, 4) is 0 Å². The van der Waals surface area contributed by atoms with Crippen LogP contribution in [0.15, 0.2) is 12.7 Å². The second-order valence-electron chi connectivity index (χ2n) is 3.39. The highest BCUT2D eigenvalue weighted by Crippen LogP contribution is 2.08. The van der Waals surface area contributed by atoms with E-state index in [-0.39, 0.29) is 6.04 Å². The molecule has 1 nitrogen and oxygen atoms in total. The summed E-state index contributed by atoms with van der Waals surface area (Å²) in [6.45, 7) is 5.78. The Labute approximate surface area is 77.0 Å². The predicted molar refractivity (Wildman–Crippen MR) is 55.1 cm³/mol. The van der Waals surface area contributed by atoms with E-state index in [1.807, 2.05) is 6.08 Å². The van der Waals surface area contributed by atoms with Crippen LogP contribution < -0.4 is 5.73 Å². The van der Waals surface area contributed by atoms with Crippen LogP contribution in [0.25, 0.3) is 0 Å². The number of allylic oxidation sites excluding steroid dienone is 1. The summed E-state index contributed by atoms with van der Waals surface area (Å²) in [6, 6.07) is 0.185. The number of rotatable bonds is 8. The van der Waals surface area contributed by atoms with Crippen LogP contribution in [0, 0.1) is 0 Å². The van der Waals surface area contributed by atoms with Gasteiger partial charge in [0.25, 0.3) is 0 Å². The molecule has 1 radical (unpaired) electrons. The maximum Gasteiger partial charge on any atom is 0.0210 e. The van der Waals surface area contributed by atoms with Crippen molar-refractivity contribution in [2.45, 2.75) is 57.9 Å². The van der Waals surface area contributed by atoms with Crippen molar-refractivity contribution in [2.24, 2.45) is 0 Å². The summed E-state index contributed by atoms with van der Waals surface area (Å²) in [5.74, 6) is 0. The van der Waals surface area contributed by atoms with Crippen LogP contribution in [0.1, 0.15) is 51.9 Å². The second-order valence-corrected chi connectivity index (χ2v) is 3.39. The highest BCUT2D eigenvalue weighted by Gasteiger charge is 1.98. The minimum absolute atomic E-state index is 0.185. The summed E-state index contributed by atoms with van der Waals surface area (Å²) in [7, 11) is 0. The summed E-state index contributed by atoms with van der Waals surface area (Å²) < 4.78 is 0. The first-order chi connectivity index (χ1) is 5.81. The number of unbranched alkanes of at least 4 members (excludes halogenated alkanes) is 4. The molecule has 0 fully saturated rings. The van der Waals surface area contributed by atoms with Crippen LogP contribution in [-0.4, -0.2) is 6.04 Å². The summed E-state index contributed by atoms with van der Waals surface area (Å²) in [6.07, 6.45) is 10.3. The van der Waals surface area contributed by atoms with E-state index in [0.29, 0.717) is 0 Å². The Balaban J connectivity index is 2.95. The summed E-state index contributed by atoms with van der Waals surface area (Å²) >= 11 is 0. The lowest BCUT2D eigenvalue weighted by Gasteiger charge is -2.05. The van der Waals surface area contributed by atoms with Gasteiger partial charge in [0.1, 0.15) is 0 Å². The average molecular weight is 168 g/mol. The van der Waals surface area contributed by atoms with Crippen molar-refractivity contribution in [1.29, 1.82) is 0 Å². The lowest BCUT2D eigenvalue weighted by atomic mass is 10.1. The molecule has 1 atom stereocenters. The summed E-state index contributed by atoms with van der Waals surface area (Å²) in [5.41, 5.74) is 7.52. The van der Waals surface area contributed by atoms with Gasteiger partial charge in [-0.15, -0.1) is 6.58 Å². The first kappa shape index (κ1) is 11.7. The monoisotopic (exact) mass is 168 g/mol. The molecule has 0 amide bonds. The van der Waals surface area contributed by atoms with Gasteiger partial charge >= 0.3 is 0 Å². The van der Waals surface area contributed by atoms with Gasteiger partial charge in [0.15, 0.2) is 0 Å². The predicted octanol–water partition coefficient (Wildman–Crippen LogP) is 3.57. The fourth-order valence-corrected chi connectivity index (χ4v) is 1.24. The van der Waals surface area contributed by atoms with E-state index < -0.39 is 0 Å². The van der Waals surface area contributed by atoms with E-state index in [1.165, 1.54) is 25.7 Å². The molecule has 0 aromatic heterocycles. The van der Waals surface area contributed by atoms with Gasteiger partial charge in [0, 0.05) is 6.04 Å². The molecule has 0 aromatic carbocycles. The van der Waals surface area contributed by atoms with E-state index in [1.54, 1.807) is 0 Å². The zero-order valence-electron chi connectivity index (χ0n) is 8.31. The molecule has 0 rings (SSSR count).